The molecule has 1 aromatic rings. The van der Waals surface area contributed by atoms with Gasteiger partial charge in [-0.1, -0.05) is 6.92 Å². The number of carbonyl (C=O) groups is 1. The number of rotatable bonds is 5. The molecule has 1 atom stereocenters. The molecule has 0 N–H and O–H groups in total. The molecule has 6 nitrogen and oxygen atoms in total. The summed E-state index contributed by atoms with van der Waals surface area (Å²) in [5.74, 6) is -0.272. The van der Waals surface area contributed by atoms with Crippen LogP contribution in [-0.4, -0.2) is 28.7 Å². The number of aromatic nitrogens is 1. The van der Waals surface area contributed by atoms with E-state index in [9.17, 15) is 14.9 Å². The average molecular weight is 335 g/mol. The summed E-state index contributed by atoms with van der Waals surface area (Å²) in [6.07, 6.45) is 2.67. The first-order chi connectivity index (χ1) is 8.47. The number of thioether (sulfide) groups is 1. The highest BCUT2D eigenvalue weighted by atomic mass is 79.9. The minimum atomic E-state index is -0.497. The molecular weight excluding hydrogens is 324 g/mol. The SMILES string of the molecule is COC(=O)C(C)CSc1c(Br)cncc1[N+](=O)[O-]. The number of pyridine rings is 1. The molecule has 1 aromatic heterocycles. The van der Waals surface area contributed by atoms with E-state index in [0.717, 1.165) is 0 Å². The summed E-state index contributed by atoms with van der Waals surface area (Å²) in [5, 5.41) is 10.8. The fourth-order valence-corrected chi connectivity index (χ4v) is 2.85. The summed E-state index contributed by atoms with van der Waals surface area (Å²) in [7, 11) is 1.31. The highest BCUT2D eigenvalue weighted by Crippen LogP contribution is 2.35. The minimum absolute atomic E-state index is 0.0774. The van der Waals surface area contributed by atoms with Crippen LogP contribution in [0.5, 0.6) is 0 Å². The molecule has 0 radical (unpaired) electrons. The molecule has 1 unspecified atom stereocenters. The van der Waals surface area contributed by atoms with Crippen LogP contribution in [0, 0.1) is 16.0 Å². The van der Waals surface area contributed by atoms with Gasteiger partial charge < -0.3 is 4.74 Å². The zero-order chi connectivity index (χ0) is 13.7. The zero-order valence-corrected chi connectivity index (χ0v) is 12.2. The Kier molecular flexibility index (Phi) is 5.54. The van der Waals surface area contributed by atoms with Crippen molar-refractivity contribution >= 4 is 39.3 Å². The Morgan fingerprint density at radius 2 is 2.33 bits per heavy atom. The van der Waals surface area contributed by atoms with Crippen molar-refractivity contribution < 1.29 is 14.5 Å². The van der Waals surface area contributed by atoms with Gasteiger partial charge in [-0.25, -0.2) is 0 Å². The normalized spacial score (nSPS) is 11.9. The van der Waals surface area contributed by atoms with Crippen molar-refractivity contribution in [1.29, 1.82) is 0 Å². The molecule has 18 heavy (non-hydrogen) atoms. The van der Waals surface area contributed by atoms with Crippen LogP contribution in [0.4, 0.5) is 5.69 Å². The van der Waals surface area contributed by atoms with E-state index in [1.807, 2.05) is 0 Å². The Balaban J connectivity index is 2.84. The van der Waals surface area contributed by atoms with Gasteiger partial charge in [0, 0.05) is 11.9 Å². The van der Waals surface area contributed by atoms with E-state index in [4.69, 9.17) is 0 Å². The van der Waals surface area contributed by atoms with Crippen LogP contribution in [-0.2, 0) is 9.53 Å². The summed E-state index contributed by atoms with van der Waals surface area (Å²) in [4.78, 5) is 25.8. The molecule has 0 aliphatic carbocycles. The van der Waals surface area contributed by atoms with Gasteiger partial charge in [0.15, 0.2) is 0 Å². The van der Waals surface area contributed by atoms with Crippen LogP contribution in [0.2, 0.25) is 0 Å². The van der Waals surface area contributed by atoms with Gasteiger partial charge in [-0.2, -0.15) is 0 Å². The Morgan fingerprint density at radius 3 is 2.89 bits per heavy atom. The Bertz CT molecular complexity index is 469. The van der Waals surface area contributed by atoms with Crippen molar-refractivity contribution in [2.45, 2.75) is 11.8 Å². The van der Waals surface area contributed by atoms with E-state index in [1.54, 1.807) is 6.92 Å². The molecule has 0 amide bonds. The first kappa shape index (κ1) is 14.9. The average Bonchev–Trinajstić information content (AvgIpc) is 2.35. The molecule has 0 saturated carbocycles. The predicted octanol–water partition coefficient (Wildman–Crippen LogP) is 2.65. The highest BCUT2D eigenvalue weighted by Gasteiger charge is 2.20. The number of ether oxygens (including phenoxy) is 1. The molecule has 0 bridgehead atoms. The van der Waals surface area contributed by atoms with E-state index < -0.39 is 4.92 Å². The predicted molar refractivity (Wildman–Crippen MR) is 70.5 cm³/mol. The molecule has 0 aliphatic heterocycles. The number of nitrogens with zero attached hydrogens (tertiary/aromatic N) is 2. The Hall–Kier alpha value is -1.15. The molecular formula is C10H11BrN2O4S. The van der Waals surface area contributed by atoms with Crippen molar-refractivity contribution in [3.8, 4) is 0 Å². The summed E-state index contributed by atoms with van der Waals surface area (Å²) >= 11 is 4.44. The number of methoxy groups -OCH3 is 1. The van der Waals surface area contributed by atoms with E-state index in [2.05, 4.69) is 25.7 Å². The number of hydrogen-bond donors (Lipinski definition) is 0. The highest BCUT2D eigenvalue weighted by molar-refractivity contribution is 9.10. The van der Waals surface area contributed by atoms with Gasteiger partial charge in [0.1, 0.15) is 11.1 Å². The molecule has 1 rings (SSSR count). The van der Waals surface area contributed by atoms with Crippen LogP contribution in [0.25, 0.3) is 0 Å². The monoisotopic (exact) mass is 334 g/mol. The third kappa shape index (κ3) is 3.67. The van der Waals surface area contributed by atoms with Crippen molar-refractivity contribution in [1.82, 2.24) is 4.98 Å². The quantitative estimate of drug-likeness (QED) is 0.356. The molecule has 0 saturated heterocycles. The van der Waals surface area contributed by atoms with Crippen molar-refractivity contribution in [2.75, 3.05) is 12.9 Å². The standard InChI is InChI=1S/C10H11BrN2O4S/c1-6(10(14)17-2)5-18-9-7(11)3-12-4-8(9)13(15)16/h3-4,6H,5H2,1-2H3. The second-order valence-electron chi connectivity index (χ2n) is 3.46. The maximum absolute atomic E-state index is 11.2. The molecule has 0 aromatic carbocycles. The molecule has 1 heterocycles. The molecule has 8 heteroatoms. The number of carbonyl (C=O) groups excluding carboxylic acids is 1. The number of halogens is 1. The summed E-state index contributed by atoms with van der Waals surface area (Å²) in [5.41, 5.74) is -0.0774. The third-order valence-corrected chi connectivity index (χ3v) is 4.36. The topological polar surface area (TPSA) is 82.3 Å². The summed E-state index contributed by atoms with van der Waals surface area (Å²) in [6.45, 7) is 1.71. The van der Waals surface area contributed by atoms with Gasteiger partial charge in [0.2, 0.25) is 0 Å². The molecule has 98 valence electrons. The lowest BCUT2D eigenvalue weighted by atomic mass is 10.2. The lowest BCUT2D eigenvalue weighted by Crippen LogP contribution is -2.14. The minimum Gasteiger partial charge on any atom is -0.469 e. The van der Waals surface area contributed by atoms with Crippen molar-refractivity contribution in [3.05, 3.63) is 27.0 Å². The van der Waals surface area contributed by atoms with E-state index >= 15 is 0 Å². The van der Waals surface area contributed by atoms with Crippen molar-refractivity contribution in [2.24, 2.45) is 5.92 Å². The fraction of sp³-hybridized carbons (Fsp3) is 0.400. The first-order valence-electron chi connectivity index (χ1n) is 4.96. The van der Waals surface area contributed by atoms with Crippen molar-refractivity contribution in [3.63, 3.8) is 0 Å². The second kappa shape index (κ2) is 6.69. The maximum atomic E-state index is 11.2. The lowest BCUT2D eigenvalue weighted by molar-refractivity contribution is -0.388. The van der Waals surface area contributed by atoms with Gasteiger partial charge in [-0.05, 0) is 15.9 Å². The second-order valence-corrected chi connectivity index (χ2v) is 5.35. The Labute approximate surface area is 116 Å². The van der Waals surface area contributed by atoms with Crippen LogP contribution in [0.1, 0.15) is 6.92 Å². The van der Waals surface area contributed by atoms with Gasteiger partial charge in [-0.3, -0.25) is 19.9 Å². The van der Waals surface area contributed by atoms with Gasteiger partial charge in [-0.15, -0.1) is 11.8 Å². The Morgan fingerprint density at radius 1 is 1.67 bits per heavy atom. The molecule has 0 fully saturated rings. The van der Waals surface area contributed by atoms with Crippen LogP contribution in [0.15, 0.2) is 21.8 Å². The summed E-state index contributed by atoms with van der Waals surface area (Å²) in [6, 6.07) is 0. The van der Waals surface area contributed by atoms with Gasteiger partial charge >= 0.3 is 11.7 Å². The third-order valence-electron chi connectivity index (χ3n) is 2.11. The smallest absolute Gasteiger partial charge is 0.309 e. The van der Waals surface area contributed by atoms with Gasteiger partial charge in [0.05, 0.1) is 22.4 Å². The van der Waals surface area contributed by atoms with E-state index in [0.29, 0.717) is 15.1 Å². The maximum Gasteiger partial charge on any atom is 0.309 e. The van der Waals surface area contributed by atoms with Crippen LogP contribution < -0.4 is 0 Å². The van der Waals surface area contributed by atoms with Crippen LogP contribution >= 0.6 is 27.7 Å². The number of hydrogen-bond acceptors (Lipinski definition) is 6. The summed E-state index contributed by atoms with van der Waals surface area (Å²) < 4.78 is 5.14. The largest absolute Gasteiger partial charge is 0.469 e. The zero-order valence-electron chi connectivity index (χ0n) is 9.75. The van der Waals surface area contributed by atoms with Gasteiger partial charge in [0.25, 0.3) is 0 Å². The fourth-order valence-electron chi connectivity index (χ4n) is 1.16. The van der Waals surface area contributed by atoms with E-state index in [1.165, 1.54) is 31.3 Å². The molecule has 0 spiro atoms. The number of esters is 1. The number of nitro groups is 1. The lowest BCUT2D eigenvalue weighted by Gasteiger charge is -2.09. The van der Waals surface area contributed by atoms with E-state index in [-0.39, 0.29) is 17.6 Å². The molecule has 0 aliphatic rings. The first-order valence-corrected chi connectivity index (χ1v) is 6.73. The van der Waals surface area contributed by atoms with Crippen LogP contribution in [0.3, 0.4) is 0 Å².